The van der Waals surface area contributed by atoms with Crippen molar-refractivity contribution < 1.29 is 9.59 Å². The van der Waals surface area contributed by atoms with E-state index >= 15 is 0 Å². The van der Waals surface area contributed by atoms with E-state index in [0.29, 0.717) is 5.13 Å². The number of amides is 2. The first kappa shape index (κ1) is 13.6. The van der Waals surface area contributed by atoms with Crippen molar-refractivity contribution in [1.82, 2.24) is 10.3 Å². The second-order valence-electron chi connectivity index (χ2n) is 4.21. The summed E-state index contributed by atoms with van der Waals surface area (Å²) in [6.45, 7) is 7.02. The van der Waals surface area contributed by atoms with Gasteiger partial charge in [0, 0.05) is 12.3 Å². The average Bonchev–Trinajstić information content (AvgIpc) is 2.59. The Balaban J connectivity index is 2.68. The number of anilines is 1. The second-order valence-corrected chi connectivity index (χ2v) is 5.06. The Morgan fingerprint density at radius 1 is 1.41 bits per heavy atom. The van der Waals surface area contributed by atoms with E-state index in [1.807, 2.05) is 26.2 Å². The zero-order valence-corrected chi connectivity index (χ0v) is 11.2. The minimum absolute atomic E-state index is 0.0277. The largest absolute Gasteiger partial charge is 0.344 e. The van der Waals surface area contributed by atoms with Gasteiger partial charge in [0.15, 0.2) is 5.13 Å². The first-order valence-corrected chi connectivity index (χ1v) is 6.28. The van der Waals surface area contributed by atoms with Crippen molar-refractivity contribution in [1.29, 1.82) is 0 Å². The summed E-state index contributed by atoms with van der Waals surface area (Å²) in [5.74, 6) is -0.418. The van der Waals surface area contributed by atoms with Gasteiger partial charge in [-0.2, -0.15) is 0 Å². The molecule has 1 aromatic heterocycles. The van der Waals surface area contributed by atoms with Crippen LogP contribution in [0.25, 0.3) is 0 Å². The normalized spacial score (nSPS) is 12.3. The lowest BCUT2D eigenvalue weighted by atomic mass is 10.0. The van der Waals surface area contributed by atoms with Gasteiger partial charge in [-0.05, 0) is 12.8 Å². The van der Waals surface area contributed by atoms with Crippen LogP contribution in [0.4, 0.5) is 5.13 Å². The van der Waals surface area contributed by atoms with Crippen molar-refractivity contribution in [3.63, 3.8) is 0 Å². The van der Waals surface area contributed by atoms with E-state index in [4.69, 9.17) is 0 Å². The number of thiazole rings is 1. The topological polar surface area (TPSA) is 71.1 Å². The zero-order chi connectivity index (χ0) is 13.0. The molecule has 0 aliphatic heterocycles. The predicted octanol–water partition coefficient (Wildman–Crippen LogP) is 1.55. The van der Waals surface area contributed by atoms with Gasteiger partial charge in [0.2, 0.25) is 11.8 Å². The van der Waals surface area contributed by atoms with Gasteiger partial charge < -0.3 is 10.6 Å². The Hall–Kier alpha value is -1.43. The van der Waals surface area contributed by atoms with Gasteiger partial charge in [-0.15, -0.1) is 11.3 Å². The lowest BCUT2D eigenvalue weighted by Crippen LogP contribution is -2.46. The number of aryl methyl sites for hydroxylation is 1. The Bertz CT molecular complexity index is 415. The molecule has 0 saturated carbocycles. The highest BCUT2D eigenvalue weighted by Gasteiger charge is 2.23. The molecule has 1 heterocycles. The standard InChI is InChI=1S/C11H17N3O2S/c1-6(2)9(13-8(4)15)10(16)14-11-12-7(3)5-17-11/h5-6,9H,1-4H3,(H,13,15)(H,12,14,16). The van der Waals surface area contributed by atoms with Crippen molar-refractivity contribution in [3.05, 3.63) is 11.1 Å². The minimum Gasteiger partial charge on any atom is -0.344 e. The fourth-order valence-corrected chi connectivity index (χ4v) is 2.04. The van der Waals surface area contributed by atoms with Crippen molar-refractivity contribution in [2.75, 3.05) is 5.32 Å². The third-order valence-electron chi connectivity index (χ3n) is 2.16. The first-order chi connectivity index (χ1) is 7.90. The highest BCUT2D eigenvalue weighted by molar-refractivity contribution is 7.13. The molecule has 0 aliphatic rings. The zero-order valence-electron chi connectivity index (χ0n) is 10.4. The SMILES string of the molecule is CC(=O)NC(C(=O)Nc1nc(C)cs1)C(C)C. The van der Waals surface area contributed by atoms with Gasteiger partial charge in [-0.25, -0.2) is 4.98 Å². The molecule has 1 atom stereocenters. The molecule has 17 heavy (non-hydrogen) atoms. The lowest BCUT2D eigenvalue weighted by Gasteiger charge is -2.20. The molecule has 1 unspecified atom stereocenters. The Labute approximate surface area is 105 Å². The highest BCUT2D eigenvalue weighted by Crippen LogP contribution is 2.15. The molecular formula is C11H17N3O2S. The van der Waals surface area contributed by atoms with Crippen LogP contribution in [0, 0.1) is 12.8 Å². The number of nitrogens with one attached hydrogen (secondary N) is 2. The molecule has 0 radical (unpaired) electrons. The molecule has 1 aromatic rings. The van der Waals surface area contributed by atoms with Crippen LogP contribution in [0.3, 0.4) is 0 Å². The summed E-state index contributed by atoms with van der Waals surface area (Å²) < 4.78 is 0. The van der Waals surface area contributed by atoms with Gasteiger partial charge in [-0.3, -0.25) is 9.59 Å². The smallest absolute Gasteiger partial charge is 0.248 e. The first-order valence-electron chi connectivity index (χ1n) is 5.40. The summed E-state index contributed by atoms with van der Waals surface area (Å²) in [6, 6.07) is -0.531. The summed E-state index contributed by atoms with van der Waals surface area (Å²) >= 11 is 1.37. The number of hydrogen-bond donors (Lipinski definition) is 2. The summed E-state index contributed by atoms with van der Waals surface area (Å²) in [5.41, 5.74) is 0.867. The Morgan fingerprint density at radius 3 is 2.47 bits per heavy atom. The van der Waals surface area contributed by atoms with Crippen LogP contribution in [0.2, 0.25) is 0 Å². The van der Waals surface area contributed by atoms with E-state index in [1.54, 1.807) is 0 Å². The van der Waals surface area contributed by atoms with Gasteiger partial charge >= 0.3 is 0 Å². The van der Waals surface area contributed by atoms with Crippen LogP contribution >= 0.6 is 11.3 Å². The number of rotatable bonds is 4. The predicted molar refractivity (Wildman–Crippen MR) is 67.9 cm³/mol. The molecule has 0 bridgehead atoms. The maximum absolute atomic E-state index is 11.9. The lowest BCUT2D eigenvalue weighted by molar-refractivity contribution is -0.126. The molecule has 2 N–H and O–H groups in total. The monoisotopic (exact) mass is 255 g/mol. The quantitative estimate of drug-likeness (QED) is 0.857. The minimum atomic E-state index is -0.531. The van der Waals surface area contributed by atoms with Crippen LogP contribution in [0.5, 0.6) is 0 Å². The molecule has 0 spiro atoms. The maximum Gasteiger partial charge on any atom is 0.248 e. The van der Waals surface area contributed by atoms with Gasteiger partial charge in [0.1, 0.15) is 6.04 Å². The van der Waals surface area contributed by atoms with Crippen LogP contribution in [0.15, 0.2) is 5.38 Å². The fraction of sp³-hybridized carbons (Fsp3) is 0.545. The number of carbonyl (C=O) groups is 2. The summed E-state index contributed by atoms with van der Waals surface area (Å²) in [6.07, 6.45) is 0. The van der Waals surface area contributed by atoms with Crippen molar-refractivity contribution >= 4 is 28.3 Å². The number of hydrogen-bond acceptors (Lipinski definition) is 4. The van der Waals surface area contributed by atoms with E-state index in [1.165, 1.54) is 18.3 Å². The van der Waals surface area contributed by atoms with Crippen molar-refractivity contribution in [2.24, 2.45) is 5.92 Å². The highest BCUT2D eigenvalue weighted by atomic mass is 32.1. The molecule has 5 nitrogen and oxygen atoms in total. The summed E-state index contributed by atoms with van der Waals surface area (Å²) in [5, 5.41) is 7.75. The number of nitrogens with zero attached hydrogens (tertiary/aromatic N) is 1. The van der Waals surface area contributed by atoms with E-state index < -0.39 is 6.04 Å². The third kappa shape index (κ3) is 4.14. The van der Waals surface area contributed by atoms with E-state index in [-0.39, 0.29) is 17.7 Å². The van der Waals surface area contributed by atoms with Crippen molar-refractivity contribution in [2.45, 2.75) is 33.7 Å². The fourth-order valence-electron chi connectivity index (χ4n) is 1.35. The molecular weight excluding hydrogens is 238 g/mol. The molecule has 0 aromatic carbocycles. The Morgan fingerprint density at radius 2 is 2.06 bits per heavy atom. The van der Waals surface area contributed by atoms with Gasteiger partial charge in [0.05, 0.1) is 5.69 Å². The van der Waals surface area contributed by atoms with E-state index in [9.17, 15) is 9.59 Å². The van der Waals surface area contributed by atoms with Crippen LogP contribution in [-0.4, -0.2) is 22.8 Å². The van der Waals surface area contributed by atoms with Gasteiger partial charge in [-0.1, -0.05) is 13.8 Å². The molecule has 6 heteroatoms. The maximum atomic E-state index is 11.9. The van der Waals surface area contributed by atoms with E-state index in [2.05, 4.69) is 15.6 Å². The second kappa shape index (κ2) is 5.77. The van der Waals surface area contributed by atoms with E-state index in [0.717, 1.165) is 5.69 Å². The summed E-state index contributed by atoms with van der Waals surface area (Å²) in [4.78, 5) is 27.1. The van der Waals surface area contributed by atoms with Crippen molar-refractivity contribution in [3.8, 4) is 0 Å². The summed E-state index contributed by atoms with van der Waals surface area (Å²) in [7, 11) is 0. The van der Waals surface area contributed by atoms with Gasteiger partial charge in [0.25, 0.3) is 0 Å². The molecule has 0 fully saturated rings. The molecule has 2 amide bonds. The number of aromatic nitrogens is 1. The molecule has 0 aliphatic carbocycles. The number of carbonyl (C=O) groups excluding carboxylic acids is 2. The third-order valence-corrected chi connectivity index (χ3v) is 3.03. The van der Waals surface area contributed by atoms with Crippen LogP contribution in [-0.2, 0) is 9.59 Å². The molecule has 0 saturated heterocycles. The van der Waals surface area contributed by atoms with Crippen LogP contribution in [0.1, 0.15) is 26.5 Å². The average molecular weight is 255 g/mol. The molecule has 94 valence electrons. The molecule has 1 rings (SSSR count). The van der Waals surface area contributed by atoms with Crippen LogP contribution < -0.4 is 10.6 Å². The Kier molecular flexibility index (Phi) is 4.62.